The van der Waals surface area contributed by atoms with Gasteiger partial charge < -0.3 is 20.3 Å². The predicted octanol–water partition coefficient (Wildman–Crippen LogP) is 1.14. The number of hydrogen-bond acceptors (Lipinski definition) is 4. The van der Waals surface area contributed by atoms with Crippen molar-refractivity contribution in [1.82, 2.24) is 5.32 Å². The van der Waals surface area contributed by atoms with Crippen molar-refractivity contribution in [1.29, 1.82) is 0 Å². The molecule has 1 heterocycles. The number of benzene rings is 1. The maximum atomic E-state index is 12.3. The molecule has 0 saturated carbocycles. The molecule has 0 fully saturated rings. The largest absolute Gasteiger partial charge is 0.489 e. The number of ether oxygens (including phenoxy) is 1. The van der Waals surface area contributed by atoms with Crippen LogP contribution >= 0.6 is 0 Å². The second kappa shape index (κ2) is 6.13. The van der Waals surface area contributed by atoms with Crippen molar-refractivity contribution >= 4 is 11.9 Å². The number of carboxylic acid groups (broad SMARTS) is 1. The number of aliphatic hydroxyl groups excluding tert-OH is 1. The fraction of sp³-hybridized carbons (Fsp3) is 0.467. The Balaban J connectivity index is 2.23. The van der Waals surface area contributed by atoms with Crippen LogP contribution in [0.3, 0.4) is 0 Å². The summed E-state index contributed by atoms with van der Waals surface area (Å²) in [6.45, 7) is 3.64. The summed E-state index contributed by atoms with van der Waals surface area (Å²) in [5, 5.41) is 20.3. The van der Waals surface area contributed by atoms with Gasteiger partial charge in [0.25, 0.3) is 5.91 Å². The highest BCUT2D eigenvalue weighted by Gasteiger charge is 2.32. The third kappa shape index (κ3) is 3.00. The normalized spacial score (nSPS) is 21.3. The van der Waals surface area contributed by atoms with Gasteiger partial charge in [0, 0.05) is 24.5 Å². The van der Waals surface area contributed by atoms with Crippen molar-refractivity contribution in [3.63, 3.8) is 0 Å². The van der Waals surface area contributed by atoms with Crippen LogP contribution in [0.4, 0.5) is 0 Å². The fourth-order valence-electron chi connectivity index (χ4n) is 2.39. The molecular weight excluding hydrogens is 274 g/mol. The molecule has 3 atom stereocenters. The van der Waals surface area contributed by atoms with Gasteiger partial charge in [-0.1, -0.05) is 19.1 Å². The van der Waals surface area contributed by atoms with Crippen molar-refractivity contribution in [2.24, 2.45) is 0 Å². The number of carbonyl (C=O) groups is 2. The first-order valence-corrected chi connectivity index (χ1v) is 6.89. The van der Waals surface area contributed by atoms with Gasteiger partial charge in [-0.2, -0.15) is 0 Å². The summed E-state index contributed by atoms with van der Waals surface area (Å²) in [5.74, 6) is -0.981. The second-order valence-corrected chi connectivity index (χ2v) is 5.21. The first-order valence-electron chi connectivity index (χ1n) is 6.89. The molecule has 0 bridgehead atoms. The molecule has 1 aliphatic rings. The van der Waals surface area contributed by atoms with Crippen LogP contribution in [-0.4, -0.2) is 40.8 Å². The number of aliphatic carboxylic acids is 1. The lowest BCUT2D eigenvalue weighted by Gasteiger charge is -2.15. The first-order chi connectivity index (χ1) is 9.95. The van der Waals surface area contributed by atoms with Gasteiger partial charge in [0.15, 0.2) is 0 Å². The summed E-state index contributed by atoms with van der Waals surface area (Å²) >= 11 is 0. The molecule has 0 aliphatic carbocycles. The maximum absolute atomic E-state index is 12.3. The third-order valence-electron chi connectivity index (χ3n) is 3.81. The fourth-order valence-corrected chi connectivity index (χ4v) is 2.39. The number of carboxylic acids is 1. The Kier molecular flexibility index (Phi) is 4.47. The molecule has 0 spiro atoms. The highest BCUT2D eigenvalue weighted by atomic mass is 16.5. The molecule has 0 saturated heterocycles. The molecule has 114 valence electrons. The Morgan fingerprint density at radius 1 is 1.38 bits per heavy atom. The minimum Gasteiger partial charge on any atom is -0.489 e. The molecule has 1 amide bonds. The van der Waals surface area contributed by atoms with E-state index in [4.69, 9.17) is 14.9 Å². The van der Waals surface area contributed by atoms with Gasteiger partial charge in [0.05, 0.1) is 5.56 Å². The van der Waals surface area contributed by atoms with Crippen LogP contribution in [0.2, 0.25) is 0 Å². The molecule has 6 heteroatoms. The van der Waals surface area contributed by atoms with E-state index in [-0.39, 0.29) is 25.0 Å². The predicted molar refractivity (Wildman–Crippen MR) is 75.5 cm³/mol. The van der Waals surface area contributed by atoms with Crippen molar-refractivity contribution in [2.45, 2.75) is 38.3 Å². The van der Waals surface area contributed by atoms with Crippen LogP contribution in [0.25, 0.3) is 0 Å². The molecule has 0 radical (unpaired) electrons. The molecule has 21 heavy (non-hydrogen) atoms. The van der Waals surface area contributed by atoms with Gasteiger partial charge in [0.1, 0.15) is 17.9 Å². The molecule has 3 N–H and O–H groups in total. The Bertz CT molecular complexity index is 557. The Morgan fingerprint density at radius 3 is 2.71 bits per heavy atom. The van der Waals surface area contributed by atoms with E-state index in [2.05, 4.69) is 5.32 Å². The molecule has 0 aromatic heterocycles. The van der Waals surface area contributed by atoms with Crippen molar-refractivity contribution in [3.05, 3.63) is 29.3 Å². The average molecular weight is 293 g/mol. The highest BCUT2D eigenvalue weighted by Crippen LogP contribution is 2.40. The van der Waals surface area contributed by atoms with Crippen LogP contribution in [0.15, 0.2) is 18.2 Å². The molecular formula is C15H19NO5. The number of amides is 1. The summed E-state index contributed by atoms with van der Waals surface area (Å²) in [7, 11) is 0. The number of fused-ring (bicyclic) bond motifs is 1. The SMILES string of the molecule is CC1Oc2c(C(=O)N[C@@H](CCO)C(=O)O)cccc2C1C. The standard InChI is InChI=1S/C15H19NO5/c1-8-9(2)21-13-10(8)4-3-5-11(13)14(18)16-12(6-7-17)15(19)20/h3-5,8-9,12,17H,6-7H2,1-2H3,(H,16,18)(H,19,20)/t8?,9?,12-/m0/s1. The van der Waals surface area contributed by atoms with Crippen LogP contribution in [0.1, 0.15) is 42.1 Å². The van der Waals surface area contributed by atoms with Gasteiger partial charge in [-0.15, -0.1) is 0 Å². The molecule has 1 aromatic rings. The zero-order valence-electron chi connectivity index (χ0n) is 12.0. The van der Waals surface area contributed by atoms with Gasteiger partial charge in [-0.25, -0.2) is 4.79 Å². The Labute approximate surface area is 122 Å². The van der Waals surface area contributed by atoms with Crippen molar-refractivity contribution in [3.8, 4) is 5.75 Å². The maximum Gasteiger partial charge on any atom is 0.326 e. The summed E-state index contributed by atoms with van der Waals surface area (Å²) in [6.07, 6.45) is -0.0642. The minimum atomic E-state index is -1.17. The number of para-hydroxylation sites is 1. The monoisotopic (exact) mass is 293 g/mol. The number of hydrogen-bond donors (Lipinski definition) is 3. The van der Waals surface area contributed by atoms with Gasteiger partial charge in [-0.05, 0) is 13.0 Å². The number of aliphatic hydroxyl groups is 1. The Hall–Kier alpha value is -2.08. The number of rotatable bonds is 5. The van der Waals surface area contributed by atoms with Crippen LogP contribution in [0.5, 0.6) is 5.75 Å². The molecule has 2 unspecified atom stereocenters. The minimum absolute atomic E-state index is 0.0262. The summed E-state index contributed by atoms with van der Waals surface area (Å²) < 4.78 is 5.72. The van der Waals surface area contributed by atoms with E-state index in [1.165, 1.54) is 0 Å². The van der Waals surface area contributed by atoms with E-state index in [1.54, 1.807) is 12.1 Å². The average Bonchev–Trinajstić information content (AvgIpc) is 2.73. The van der Waals surface area contributed by atoms with Crippen molar-refractivity contribution < 1.29 is 24.5 Å². The summed E-state index contributed by atoms with van der Waals surface area (Å²) in [5.41, 5.74) is 1.28. The first kappa shape index (κ1) is 15.3. The molecule has 1 aliphatic heterocycles. The van der Waals surface area contributed by atoms with Gasteiger partial charge in [0.2, 0.25) is 0 Å². The third-order valence-corrected chi connectivity index (χ3v) is 3.81. The molecule has 6 nitrogen and oxygen atoms in total. The lowest BCUT2D eigenvalue weighted by molar-refractivity contribution is -0.139. The quantitative estimate of drug-likeness (QED) is 0.756. The number of carbonyl (C=O) groups excluding carboxylic acids is 1. The number of nitrogens with one attached hydrogen (secondary N) is 1. The summed E-state index contributed by atoms with van der Waals surface area (Å²) in [4.78, 5) is 23.3. The lowest BCUT2D eigenvalue weighted by Crippen LogP contribution is -2.41. The van der Waals surface area contributed by atoms with E-state index >= 15 is 0 Å². The zero-order valence-corrected chi connectivity index (χ0v) is 12.0. The van der Waals surface area contributed by atoms with Gasteiger partial charge in [-0.3, -0.25) is 4.79 Å². The van der Waals surface area contributed by atoms with Crippen LogP contribution in [-0.2, 0) is 4.79 Å². The topological polar surface area (TPSA) is 95.9 Å². The molecule has 2 rings (SSSR count). The van der Waals surface area contributed by atoms with E-state index in [9.17, 15) is 9.59 Å². The van der Waals surface area contributed by atoms with Gasteiger partial charge >= 0.3 is 5.97 Å². The van der Waals surface area contributed by atoms with Crippen molar-refractivity contribution in [2.75, 3.05) is 6.61 Å². The smallest absolute Gasteiger partial charge is 0.326 e. The van der Waals surface area contributed by atoms with E-state index in [0.717, 1.165) is 5.56 Å². The summed E-state index contributed by atoms with van der Waals surface area (Å²) in [6, 6.07) is 4.15. The van der Waals surface area contributed by atoms with E-state index < -0.39 is 17.9 Å². The van der Waals surface area contributed by atoms with E-state index in [0.29, 0.717) is 11.3 Å². The highest BCUT2D eigenvalue weighted by molar-refractivity contribution is 5.99. The molecule has 1 aromatic carbocycles. The Morgan fingerprint density at radius 2 is 2.10 bits per heavy atom. The lowest BCUT2D eigenvalue weighted by atomic mass is 9.96. The second-order valence-electron chi connectivity index (χ2n) is 5.21. The van der Waals surface area contributed by atoms with Crippen LogP contribution < -0.4 is 10.1 Å². The zero-order chi connectivity index (χ0) is 15.6. The van der Waals surface area contributed by atoms with Crippen LogP contribution in [0, 0.1) is 0 Å². The van der Waals surface area contributed by atoms with E-state index in [1.807, 2.05) is 19.9 Å².